The quantitative estimate of drug-likeness (QED) is 0.821. The number of hydrogen-bond donors (Lipinski definition) is 1. The molecule has 4 rings (SSSR count). The van der Waals surface area contributed by atoms with E-state index in [0.717, 1.165) is 61.1 Å². The van der Waals surface area contributed by atoms with Crippen LogP contribution in [0.15, 0.2) is 47.1 Å². The van der Waals surface area contributed by atoms with Gasteiger partial charge in [0.1, 0.15) is 6.10 Å². The van der Waals surface area contributed by atoms with Crippen LogP contribution < -0.4 is 5.32 Å². The largest absolute Gasteiger partial charge is 0.459 e. The minimum absolute atomic E-state index is 0.0152. The fourth-order valence-electron chi connectivity index (χ4n) is 4.53. The number of Topliss-reactive ketones (excluding diaryl/α,β-unsaturated/α-hetero) is 1. The van der Waals surface area contributed by atoms with Crippen molar-refractivity contribution in [3.63, 3.8) is 0 Å². The van der Waals surface area contributed by atoms with Crippen molar-refractivity contribution in [3.05, 3.63) is 52.6 Å². The molecule has 27 heavy (non-hydrogen) atoms. The van der Waals surface area contributed by atoms with Crippen LogP contribution in [-0.4, -0.2) is 22.8 Å². The minimum atomic E-state index is -0.390. The predicted molar refractivity (Wildman–Crippen MR) is 102 cm³/mol. The Morgan fingerprint density at radius 3 is 2.74 bits per heavy atom. The molecule has 0 amide bonds. The van der Waals surface area contributed by atoms with Gasteiger partial charge < -0.3 is 10.1 Å². The Balaban J connectivity index is 1.71. The Morgan fingerprint density at radius 1 is 1.19 bits per heavy atom. The van der Waals surface area contributed by atoms with Crippen molar-refractivity contribution in [1.82, 2.24) is 10.3 Å². The molecule has 3 aliphatic rings. The van der Waals surface area contributed by atoms with Gasteiger partial charge in [-0.15, -0.1) is 0 Å². The summed E-state index contributed by atoms with van der Waals surface area (Å²) in [6.07, 6.45) is 10.9. The summed E-state index contributed by atoms with van der Waals surface area (Å²) in [5.74, 6) is -0.572. The van der Waals surface area contributed by atoms with Gasteiger partial charge in [0, 0.05) is 41.7 Å². The van der Waals surface area contributed by atoms with E-state index in [0.29, 0.717) is 12.0 Å². The number of hydrogen-bond acceptors (Lipinski definition) is 5. The van der Waals surface area contributed by atoms with Gasteiger partial charge in [-0.05, 0) is 57.1 Å². The second-order valence-electron chi connectivity index (χ2n) is 7.72. The molecule has 2 heterocycles. The van der Waals surface area contributed by atoms with Crippen LogP contribution in [0.1, 0.15) is 69.8 Å². The first kappa shape index (κ1) is 18.0. The summed E-state index contributed by atoms with van der Waals surface area (Å²) in [5, 5.41) is 3.33. The van der Waals surface area contributed by atoms with Crippen LogP contribution in [0.4, 0.5) is 0 Å². The van der Waals surface area contributed by atoms with Gasteiger partial charge in [-0.25, -0.2) is 4.79 Å². The molecule has 0 radical (unpaired) electrons. The first-order valence-corrected chi connectivity index (χ1v) is 10.00. The van der Waals surface area contributed by atoms with Crippen LogP contribution in [0.2, 0.25) is 0 Å². The fraction of sp³-hybridized carbons (Fsp3) is 0.500. The van der Waals surface area contributed by atoms with E-state index < -0.39 is 0 Å². The molecule has 1 aromatic rings. The second-order valence-corrected chi connectivity index (χ2v) is 7.72. The molecular weight excluding hydrogens is 340 g/mol. The van der Waals surface area contributed by atoms with Crippen LogP contribution in [0.3, 0.4) is 0 Å². The monoisotopic (exact) mass is 366 g/mol. The summed E-state index contributed by atoms with van der Waals surface area (Å²) < 4.78 is 5.88. The van der Waals surface area contributed by atoms with Gasteiger partial charge in [0.05, 0.1) is 5.57 Å². The van der Waals surface area contributed by atoms with Crippen LogP contribution >= 0.6 is 0 Å². The lowest BCUT2D eigenvalue weighted by molar-refractivity contribution is -0.146. The van der Waals surface area contributed by atoms with Crippen molar-refractivity contribution in [2.45, 2.75) is 70.3 Å². The van der Waals surface area contributed by atoms with Crippen LogP contribution in [0, 0.1) is 0 Å². The standard InChI is InChI=1S/C22H26N2O3/c1-14-19(22(26)27-16-8-3-2-4-9-16)20(15-7-6-12-23-13-15)21-17(24-14)10-5-11-18(21)25/h6-7,12-13,16,20,24H,2-5,8-11H2,1H3/t20-/m1/s1. The molecular formula is C22H26N2O3. The maximum Gasteiger partial charge on any atom is 0.337 e. The molecule has 142 valence electrons. The highest BCUT2D eigenvalue weighted by Crippen LogP contribution is 2.42. The molecule has 1 atom stereocenters. The average molecular weight is 366 g/mol. The van der Waals surface area contributed by atoms with Gasteiger partial charge in [-0.2, -0.15) is 0 Å². The molecule has 1 aliphatic heterocycles. The fourth-order valence-corrected chi connectivity index (χ4v) is 4.53. The highest BCUT2D eigenvalue weighted by Gasteiger charge is 2.39. The van der Waals surface area contributed by atoms with Crippen LogP contribution in [0.5, 0.6) is 0 Å². The van der Waals surface area contributed by atoms with Gasteiger partial charge in [-0.1, -0.05) is 12.5 Å². The zero-order chi connectivity index (χ0) is 18.8. The summed E-state index contributed by atoms with van der Waals surface area (Å²) >= 11 is 0. The average Bonchev–Trinajstić information content (AvgIpc) is 2.68. The topological polar surface area (TPSA) is 68.3 Å². The van der Waals surface area contributed by atoms with E-state index in [1.807, 2.05) is 19.1 Å². The molecule has 0 bridgehead atoms. The third kappa shape index (κ3) is 3.55. The Morgan fingerprint density at radius 2 is 2.00 bits per heavy atom. The summed E-state index contributed by atoms with van der Waals surface area (Å²) in [5.41, 5.74) is 3.89. The number of aromatic nitrogens is 1. The lowest BCUT2D eigenvalue weighted by Gasteiger charge is -2.34. The number of carbonyl (C=O) groups is 2. The zero-order valence-electron chi connectivity index (χ0n) is 15.8. The number of dihydropyridines is 1. The van der Waals surface area contributed by atoms with Crippen LogP contribution in [-0.2, 0) is 14.3 Å². The van der Waals surface area contributed by atoms with Gasteiger partial charge in [0.15, 0.2) is 5.78 Å². The Bertz CT molecular complexity index is 804. The first-order valence-electron chi connectivity index (χ1n) is 10.00. The number of pyridine rings is 1. The van der Waals surface area contributed by atoms with Crippen molar-refractivity contribution < 1.29 is 14.3 Å². The molecule has 0 unspecified atom stereocenters. The number of rotatable bonds is 3. The lowest BCUT2D eigenvalue weighted by atomic mass is 9.75. The summed E-state index contributed by atoms with van der Waals surface area (Å²) in [4.78, 5) is 30.2. The minimum Gasteiger partial charge on any atom is -0.459 e. The number of nitrogens with one attached hydrogen (secondary N) is 1. The van der Waals surface area contributed by atoms with E-state index in [2.05, 4.69) is 10.3 Å². The summed E-state index contributed by atoms with van der Waals surface area (Å²) in [6, 6.07) is 3.79. The SMILES string of the molecule is CC1=C(C(=O)OC2CCCCC2)[C@@H](c2cccnc2)C2=C(CCCC2=O)N1. The van der Waals surface area contributed by atoms with E-state index >= 15 is 0 Å². The molecule has 1 N–H and O–H groups in total. The number of ether oxygens (including phenoxy) is 1. The van der Waals surface area contributed by atoms with Gasteiger partial charge in [0.25, 0.3) is 0 Å². The van der Waals surface area contributed by atoms with E-state index in [9.17, 15) is 9.59 Å². The van der Waals surface area contributed by atoms with E-state index in [1.165, 1.54) is 6.42 Å². The van der Waals surface area contributed by atoms with Crippen molar-refractivity contribution in [2.24, 2.45) is 0 Å². The number of ketones is 1. The zero-order valence-corrected chi connectivity index (χ0v) is 15.8. The molecule has 0 saturated heterocycles. The normalized spacial score (nSPS) is 23.7. The Hall–Kier alpha value is -2.43. The molecule has 0 spiro atoms. The van der Waals surface area contributed by atoms with Gasteiger partial charge >= 0.3 is 5.97 Å². The molecule has 5 heteroatoms. The first-order chi connectivity index (χ1) is 13.1. The maximum atomic E-state index is 13.2. The van der Waals surface area contributed by atoms with E-state index in [-0.39, 0.29) is 23.8 Å². The Kier molecular flexibility index (Phi) is 5.10. The molecule has 2 aliphatic carbocycles. The smallest absolute Gasteiger partial charge is 0.337 e. The lowest BCUT2D eigenvalue weighted by Crippen LogP contribution is -2.35. The van der Waals surface area contributed by atoms with E-state index in [4.69, 9.17) is 4.74 Å². The van der Waals surface area contributed by atoms with E-state index in [1.54, 1.807) is 12.4 Å². The van der Waals surface area contributed by atoms with Gasteiger partial charge in [-0.3, -0.25) is 9.78 Å². The Labute approximate surface area is 159 Å². The predicted octanol–water partition coefficient (Wildman–Crippen LogP) is 3.93. The molecule has 0 aromatic carbocycles. The third-order valence-electron chi connectivity index (χ3n) is 5.84. The second kappa shape index (κ2) is 7.67. The molecule has 1 fully saturated rings. The molecule has 5 nitrogen and oxygen atoms in total. The number of allylic oxidation sites excluding steroid dienone is 3. The maximum absolute atomic E-state index is 13.2. The van der Waals surface area contributed by atoms with Crippen molar-refractivity contribution in [1.29, 1.82) is 0 Å². The summed E-state index contributed by atoms with van der Waals surface area (Å²) in [7, 11) is 0. The highest BCUT2D eigenvalue weighted by molar-refractivity contribution is 6.03. The van der Waals surface area contributed by atoms with Crippen molar-refractivity contribution in [2.75, 3.05) is 0 Å². The molecule has 1 aromatic heterocycles. The number of carbonyl (C=O) groups excluding carboxylic acids is 2. The van der Waals surface area contributed by atoms with Crippen molar-refractivity contribution >= 4 is 11.8 Å². The number of esters is 1. The van der Waals surface area contributed by atoms with Crippen LogP contribution in [0.25, 0.3) is 0 Å². The van der Waals surface area contributed by atoms with Gasteiger partial charge in [0.2, 0.25) is 0 Å². The third-order valence-corrected chi connectivity index (χ3v) is 5.84. The number of nitrogens with zero attached hydrogens (tertiary/aromatic N) is 1. The summed E-state index contributed by atoms with van der Waals surface area (Å²) in [6.45, 7) is 1.91. The highest BCUT2D eigenvalue weighted by atomic mass is 16.5. The molecule has 1 saturated carbocycles. The van der Waals surface area contributed by atoms with Crippen molar-refractivity contribution in [3.8, 4) is 0 Å².